The van der Waals surface area contributed by atoms with Crippen LogP contribution in [0.4, 0.5) is 0 Å². The van der Waals surface area contributed by atoms with Crippen molar-refractivity contribution in [1.29, 1.82) is 0 Å². The van der Waals surface area contributed by atoms with E-state index in [0.717, 1.165) is 0 Å². The molecule has 0 amide bonds. The van der Waals surface area contributed by atoms with Crippen molar-refractivity contribution < 1.29 is 41.1 Å². The van der Waals surface area contributed by atoms with Gasteiger partial charge in [0, 0.05) is 0 Å². The van der Waals surface area contributed by atoms with Crippen LogP contribution in [0.2, 0.25) is 0 Å². The average molecular weight is 161 g/mol. The summed E-state index contributed by atoms with van der Waals surface area (Å²) >= 11 is 0. The van der Waals surface area contributed by atoms with Crippen molar-refractivity contribution in [2.45, 2.75) is 0 Å². The zero-order valence-electron chi connectivity index (χ0n) is 4.49. The monoisotopic (exact) mass is 160 g/mol. The molecule has 0 radical (unpaired) electrons. The molecule has 0 aromatic heterocycles. The Labute approximate surface area is 60.6 Å². The summed E-state index contributed by atoms with van der Waals surface area (Å²) in [7, 11) is 0. The van der Waals surface area contributed by atoms with Crippen molar-refractivity contribution in [2.24, 2.45) is 0 Å². The van der Waals surface area contributed by atoms with E-state index in [1.54, 1.807) is 0 Å². The summed E-state index contributed by atoms with van der Waals surface area (Å²) in [5, 5.41) is 0. The number of quaternary nitrogens is 2. The number of carbonyl (C=O) groups excluding carboxylic acids is 1. The molecule has 0 aromatic carbocycles. The third kappa shape index (κ3) is 9.48. The van der Waals surface area contributed by atoms with Gasteiger partial charge in [-0.05, 0) is 0 Å². The molecule has 0 fully saturated rings. The highest BCUT2D eigenvalue weighted by Crippen LogP contribution is 1.48. The lowest BCUT2D eigenvalue weighted by molar-refractivity contribution is -0.379. The summed E-state index contributed by atoms with van der Waals surface area (Å²) in [6, 6.07) is 0. The summed E-state index contributed by atoms with van der Waals surface area (Å²) in [5.74, 6) is 0.120. The smallest absolute Gasteiger partial charge is 0.240 e. The topological polar surface area (TPSA) is 72.3 Å². The van der Waals surface area contributed by atoms with Crippen LogP contribution in [0.1, 0.15) is 0 Å². The van der Waals surface area contributed by atoms with Crippen LogP contribution in [0.25, 0.3) is 0 Å². The molecule has 0 aliphatic heterocycles. The number of Topliss-reactive ketones (excluding diaryl/α,β-unsaturated/α-hetero) is 1. The molecule has 0 aliphatic rings. The highest BCUT2D eigenvalue weighted by atomic mass is 35.5. The summed E-state index contributed by atoms with van der Waals surface area (Å²) in [5.41, 5.74) is 6.73. The van der Waals surface area contributed by atoms with E-state index in [0.29, 0.717) is 13.1 Å². The van der Waals surface area contributed by atoms with Gasteiger partial charge in [0.15, 0.2) is 0 Å². The number of carbonyl (C=O) groups is 1. The second-order valence-corrected chi connectivity index (χ2v) is 1.04. The highest BCUT2D eigenvalue weighted by molar-refractivity contribution is 5.79. The third-order valence-corrected chi connectivity index (χ3v) is 0.558. The van der Waals surface area contributed by atoms with E-state index in [1.807, 2.05) is 0 Å². The van der Waals surface area contributed by atoms with Crippen molar-refractivity contribution in [3.63, 3.8) is 0 Å². The quantitative estimate of drug-likeness (QED) is 0.414. The summed E-state index contributed by atoms with van der Waals surface area (Å²) < 4.78 is 0. The van der Waals surface area contributed by atoms with Crippen LogP contribution in [-0.4, -0.2) is 18.9 Å². The lowest BCUT2D eigenvalue weighted by Gasteiger charge is -1.77. The maximum atomic E-state index is 10.1. The van der Waals surface area contributed by atoms with Crippen LogP contribution < -0.4 is 36.3 Å². The van der Waals surface area contributed by atoms with Gasteiger partial charge in [-0.15, -0.1) is 0 Å². The lowest BCUT2D eigenvalue weighted by atomic mass is 10.4. The first kappa shape index (κ1) is 15.7. The normalized spacial score (nSPS) is 6.25. The zero-order valence-corrected chi connectivity index (χ0v) is 6.00. The molecule has 52 valence electrons. The van der Waals surface area contributed by atoms with Crippen molar-refractivity contribution in [3.05, 3.63) is 0 Å². The highest BCUT2D eigenvalue weighted by Gasteiger charge is 1.94. The molecule has 5 heteroatoms. The van der Waals surface area contributed by atoms with Crippen LogP contribution in [-0.2, 0) is 4.79 Å². The first-order valence-electron chi connectivity index (χ1n) is 1.91. The third-order valence-electron chi connectivity index (χ3n) is 0.558. The standard InChI is InChI=1S/C3H8N2O.2ClH/c4-1-3(6)2-5;;/h1-2,4-5H2;2*1H. The molecule has 0 saturated carbocycles. The number of hydrogen-bond acceptors (Lipinski definition) is 1. The molecule has 6 N–H and O–H groups in total. The molecule has 0 spiro atoms. The van der Waals surface area contributed by atoms with Crippen molar-refractivity contribution >= 4 is 5.78 Å². The van der Waals surface area contributed by atoms with E-state index in [1.165, 1.54) is 0 Å². The Hall–Kier alpha value is 0.170. The van der Waals surface area contributed by atoms with Gasteiger partial charge in [-0.1, -0.05) is 0 Å². The molecule has 0 saturated heterocycles. The van der Waals surface area contributed by atoms with Gasteiger partial charge in [-0.3, -0.25) is 4.79 Å². The molecule has 0 aromatic rings. The Morgan fingerprint density at radius 2 is 1.38 bits per heavy atom. The van der Waals surface area contributed by atoms with Gasteiger partial charge in [0.2, 0.25) is 5.78 Å². The van der Waals surface area contributed by atoms with Crippen LogP contribution in [0.5, 0.6) is 0 Å². The van der Waals surface area contributed by atoms with E-state index in [4.69, 9.17) is 0 Å². The largest absolute Gasteiger partial charge is 1.00 e. The number of rotatable bonds is 2. The summed E-state index contributed by atoms with van der Waals surface area (Å²) in [6.45, 7) is 0.757. The maximum absolute atomic E-state index is 10.1. The van der Waals surface area contributed by atoms with Crippen LogP contribution in [0.15, 0.2) is 0 Å². The Kier molecular flexibility index (Phi) is 20.1. The van der Waals surface area contributed by atoms with Crippen molar-refractivity contribution in [1.82, 2.24) is 0 Å². The van der Waals surface area contributed by atoms with Gasteiger partial charge in [-0.2, -0.15) is 0 Å². The van der Waals surface area contributed by atoms with Crippen molar-refractivity contribution in [3.8, 4) is 0 Å². The minimum Gasteiger partial charge on any atom is -1.00 e. The van der Waals surface area contributed by atoms with E-state index in [9.17, 15) is 4.79 Å². The van der Waals surface area contributed by atoms with E-state index >= 15 is 0 Å². The number of hydrogen-bond donors (Lipinski definition) is 2. The minimum atomic E-state index is 0. The first-order valence-corrected chi connectivity index (χ1v) is 1.91. The molecular weight excluding hydrogens is 151 g/mol. The zero-order chi connectivity index (χ0) is 4.99. The predicted octanol–water partition coefficient (Wildman–Crippen LogP) is -8.95. The lowest BCUT2D eigenvalue weighted by Crippen LogP contribution is -3.00. The minimum absolute atomic E-state index is 0. The second-order valence-electron chi connectivity index (χ2n) is 1.04. The van der Waals surface area contributed by atoms with Crippen LogP contribution in [0.3, 0.4) is 0 Å². The molecule has 3 nitrogen and oxygen atoms in total. The van der Waals surface area contributed by atoms with Gasteiger partial charge in [0.05, 0.1) is 0 Å². The summed E-state index contributed by atoms with van der Waals surface area (Å²) in [4.78, 5) is 10.1. The fraction of sp³-hybridized carbons (Fsp3) is 0.667. The SMILES string of the molecule is [Cl-].[Cl-].[NH3+]CC(=O)C[NH3+]. The average Bonchev–Trinajstić information content (AvgIpc) is 1.65. The predicted molar refractivity (Wildman–Crippen MR) is 20.5 cm³/mol. The van der Waals surface area contributed by atoms with E-state index in [-0.39, 0.29) is 30.6 Å². The van der Waals surface area contributed by atoms with Crippen LogP contribution >= 0.6 is 0 Å². The molecule has 8 heavy (non-hydrogen) atoms. The molecule has 0 atom stereocenters. The molecule has 0 rings (SSSR count). The Balaban J connectivity index is -0.000000125. The maximum Gasteiger partial charge on any atom is 0.240 e. The van der Waals surface area contributed by atoms with Gasteiger partial charge in [0.25, 0.3) is 0 Å². The van der Waals surface area contributed by atoms with Gasteiger partial charge < -0.3 is 36.3 Å². The molecule has 0 bridgehead atoms. The van der Waals surface area contributed by atoms with Gasteiger partial charge in [0.1, 0.15) is 13.1 Å². The molecular formula is C3H10Cl2N2O. The fourth-order valence-electron chi connectivity index (χ4n) is 0.125. The summed E-state index contributed by atoms with van der Waals surface area (Å²) in [6.07, 6.45) is 0. The van der Waals surface area contributed by atoms with Gasteiger partial charge in [-0.25, -0.2) is 0 Å². The van der Waals surface area contributed by atoms with E-state index in [2.05, 4.69) is 11.5 Å². The Morgan fingerprint density at radius 1 is 1.12 bits per heavy atom. The van der Waals surface area contributed by atoms with Crippen LogP contribution in [0, 0.1) is 0 Å². The number of halogens is 2. The van der Waals surface area contributed by atoms with Gasteiger partial charge >= 0.3 is 0 Å². The van der Waals surface area contributed by atoms with E-state index < -0.39 is 0 Å². The molecule has 0 heterocycles. The molecule has 0 aliphatic carbocycles. The fourth-order valence-corrected chi connectivity index (χ4v) is 0.125. The molecule has 0 unspecified atom stereocenters. The van der Waals surface area contributed by atoms with Crippen molar-refractivity contribution in [2.75, 3.05) is 13.1 Å². The second kappa shape index (κ2) is 10.2. The Bertz CT molecular complexity index is 53.2. The Morgan fingerprint density at radius 3 is 1.38 bits per heavy atom. The number of ketones is 1. The first-order chi connectivity index (χ1) is 2.81.